The molecular formula is C15H10ClN3O. The summed E-state index contributed by atoms with van der Waals surface area (Å²) in [7, 11) is 0. The summed E-state index contributed by atoms with van der Waals surface area (Å²) in [5.41, 5.74) is 2.04. The van der Waals surface area contributed by atoms with E-state index in [-0.39, 0.29) is 11.5 Å². The minimum Gasteiger partial charge on any atom is -0.287 e. The molecule has 1 aromatic heterocycles. The van der Waals surface area contributed by atoms with Crippen molar-refractivity contribution in [3.05, 3.63) is 70.9 Å². The van der Waals surface area contributed by atoms with E-state index in [0.29, 0.717) is 16.3 Å². The number of carbonyl (C=O) groups is 1. The lowest BCUT2D eigenvalue weighted by Gasteiger charge is -2.02. The van der Waals surface area contributed by atoms with Crippen molar-refractivity contribution < 1.29 is 4.79 Å². The van der Waals surface area contributed by atoms with Gasteiger partial charge in [-0.1, -0.05) is 54.1 Å². The van der Waals surface area contributed by atoms with Crippen LogP contribution in [-0.4, -0.2) is 21.2 Å². The van der Waals surface area contributed by atoms with Crippen LogP contribution in [0.4, 0.5) is 0 Å². The molecule has 0 unspecified atom stereocenters. The third-order valence-electron chi connectivity index (χ3n) is 2.93. The van der Waals surface area contributed by atoms with E-state index in [4.69, 9.17) is 11.6 Å². The lowest BCUT2D eigenvalue weighted by atomic mass is 10.0. The maximum Gasteiger partial charge on any atom is 0.217 e. The smallest absolute Gasteiger partial charge is 0.217 e. The molecule has 0 bridgehead atoms. The maximum absolute atomic E-state index is 12.5. The molecule has 0 amide bonds. The van der Waals surface area contributed by atoms with Crippen LogP contribution in [0.1, 0.15) is 16.1 Å². The Balaban J connectivity index is 2.07. The summed E-state index contributed by atoms with van der Waals surface area (Å²) in [6, 6.07) is 16.3. The Morgan fingerprint density at radius 2 is 1.65 bits per heavy atom. The fraction of sp³-hybridized carbons (Fsp3) is 0. The number of nitrogens with zero attached hydrogens (tertiary/aromatic N) is 2. The average molecular weight is 284 g/mol. The van der Waals surface area contributed by atoms with Crippen LogP contribution in [0, 0.1) is 0 Å². The number of hydrogen-bond acceptors (Lipinski definition) is 3. The first-order valence-electron chi connectivity index (χ1n) is 6.03. The zero-order chi connectivity index (χ0) is 13.9. The maximum atomic E-state index is 12.5. The number of nitrogens with one attached hydrogen (secondary N) is 1. The fourth-order valence-electron chi connectivity index (χ4n) is 1.96. The van der Waals surface area contributed by atoms with Gasteiger partial charge in [-0.25, -0.2) is 0 Å². The van der Waals surface area contributed by atoms with Gasteiger partial charge in [-0.2, -0.15) is 15.4 Å². The van der Waals surface area contributed by atoms with Crippen molar-refractivity contribution in [1.29, 1.82) is 0 Å². The topological polar surface area (TPSA) is 58.6 Å². The molecule has 3 aromatic rings. The van der Waals surface area contributed by atoms with E-state index in [9.17, 15) is 4.79 Å². The minimum atomic E-state index is -0.247. The molecule has 0 radical (unpaired) electrons. The third kappa shape index (κ3) is 2.21. The summed E-state index contributed by atoms with van der Waals surface area (Å²) in [6.45, 7) is 0. The molecule has 1 heterocycles. The van der Waals surface area contributed by atoms with Gasteiger partial charge >= 0.3 is 0 Å². The normalized spacial score (nSPS) is 10.4. The Morgan fingerprint density at radius 3 is 2.40 bits per heavy atom. The molecule has 0 saturated carbocycles. The highest BCUT2D eigenvalue weighted by Crippen LogP contribution is 2.24. The molecule has 1 N–H and O–H groups in total. The van der Waals surface area contributed by atoms with Crippen molar-refractivity contribution in [2.45, 2.75) is 0 Å². The van der Waals surface area contributed by atoms with Gasteiger partial charge in [0, 0.05) is 11.1 Å². The lowest BCUT2D eigenvalue weighted by molar-refractivity contribution is 0.103. The quantitative estimate of drug-likeness (QED) is 0.750. The second-order valence-electron chi connectivity index (χ2n) is 4.20. The summed E-state index contributed by atoms with van der Waals surface area (Å²) in [5, 5.41) is 10.9. The molecule has 0 saturated heterocycles. The van der Waals surface area contributed by atoms with E-state index >= 15 is 0 Å². The van der Waals surface area contributed by atoms with E-state index in [1.165, 1.54) is 0 Å². The van der Waals surface area contributed by atoms with E-state index < -0.39 is 0 Å². The number of aromatic amines is 1. The predicted molar refractivity (Wildman–Crippen MR) is 76.7 cm³/mol. The summed E-state index contributed by atoms with van der Waals surface area (Å²) < 4.78 is 0. The predicted octanol–water partition coefficient (Wildman–Crippen LogP) is 3.36. The van der Waals surface area contributed by atoms with Gasteiger partial charge in [0.2, 0.25) is 5.78 Å². The molecule has 0 atom stereocenters. The van der Waals surface area contributed by atoms with Gasteiger partial charge in [0.15, 0.2) is 5.69 Å². The van der Waals surface area contributed by atoms with Crippen molar-refractivity contribution in [2.75, 3.05) is 0 Å². The number of H-pyrrole nitrogens is 1. The number of carbonyl (C=O) groups excluding carboxylic acids is 1. The second kappa shape index (κ2) is 5.27. The number of benzene rings is 2. The summed E-state index contributed by atoms with van der Waals surface area (Å²) in [6.07, 6.45) is 0. The van der Waals surface area contributed by atoms with Gasteiger partial charge in [0.05, 0.1) is 5.02 Å². The van der Waals surface area contributed by atoms with Crippen LogP contribution in [0.3, 0.4) is 0 Å². The minimum absolute atomic E-state index is 0.247. The van der Waals surface area contributed by atoms with Crippen LogP contribution in [0.15, 0.2) is 54.6 Å². The summed E-state index contributed by atoms with van der Waals surface area (Å²) in [4.78, 5) is 12.5. The van der Waals surface area contributed by atoms with Crippen LogP contribution in [0.5, 0.6) is 0 Å². The Labute approximate surface area is 120 Å². The van der Waals surface area contributed by atoms with Gasteiger partial charge in [0.25, 0.3) is 0 Å². The molecule has 0 aliphatic rings. The Kier molecular flexibility index (Phi) is 3.31. The van der Waals surface area contributed by atoms with Gasteiger partial charge in [0.1, 0.15) is 5.69 Å². The van der Waals surface area contributed by atoms with Crippen LogP contribution in [0.2, 0.25) is 5.02 Å². The summed E-state index contributed by atoms with van der Waals surface area (Å²) >= 11 is 6.06. The van der Waals surface area contributed by atoms with E-state index in [2.05, 4.69) is 15.4 Å². The Morgan fingerprint density at radius 1 is 0.950 bits per heavy atom. The number of hydrogen-bond donors (Lipinski definition) is 1. The second-order valence-corrected chi connectivity index (χ2v) is 4.60. The highest BCUT2D eigenvalue weighted by Gasteiger charge is 2.20. The number of ketones is 1. The first kappa shape index (κ1) is 12.6. The zero-order valence-electron chi connectivity index (χ0n) is 10.4. The molecule has 3 rings (SSSR count). The molecule has 0 fully saturated rings. The van der Waals surface area contributed by atoms with Crippen LogP contribution < -0.4 is 0 Å². The lowest BCUT2D eigenvalue weighted by Crippen LogP contribution is -2.04. The number of aromatic nitrogens is 3. The first-order chi connectivity index (χ1) is 9.77. The van der Waals surface area contributed by atoms with Crippen molar-refractivity contribution in [2.24, 2.45) is 0 Å². The molecule has 0 aliphatic heterocycles. The molecular weight excluding hydrogens is 274 g/mol. The van der Waals surface area contributed by atoms with Crippen molar-refractivity contribution in [3.8, 4) is 11.3 Å². The molecule has 5 heteroatoms. The molecule has 20 heavy (non-hydrogen) atoms. The van der Waals surface area contributed by atoms with Crippen LogP contribution >= 0.6 is 11.6 Å². The number of rotatable bonds is 3. The largest absolute Gasteiger partial charge is 0.287 e. The zero-order valence-corrected chi connectivity index (χ0v) is 11.1. The average Bonchev–Trinajstić information content (AvgIpc) is 2.97. The molecule has 0 spiro atoms. The highest BCUT2D eigenvalue weighted by molar-refractivity contribution is 6.35. The van der Waals surface area contributed by atoms with E-state index in [0.717, 1.165) is 5.56 Å². The molecule has 0 aliphatic carbocycles. The van der Waals surface area contributed by atoms with Gasteiger partial charge in [-0.05, 0) is 12.1 Å². The van der Waals surface area contributed by atoms with Gasteiger partial charge in [-0.15, -0.1) is 0 Å². The van der Waals surface area contributed by atoms with E-state index in [1.54, 1.807) is 24.3 Å². The van der Waals surface area contributed by atoms with Crippen LogP contribution in [0.25, 0.3) is 11.3 Å². The third-order valence-corrected chi connectivity index (χ3v) is 3.26. The van der Waals surface area contributed by atoms with Gasteiger partial charge in [-0.3, -0.25) is 4.79 Å². The first-order valence-corrected chi connectivity index (χ1v) is 6.40. The van der Waals surface area contributed by atoms with E-state index in [1.807, 2.05) is 30.3 Å². The van der Waals surface area contributed by atoms with Crippen molar-refractivity contribution in [1.82, 2.24) is 15.4 Å². The highest BCUT2D eigenvalue weighted by atomic mass is 35.5. The Hall–Kier alpha value is -2.46. The molecule has 4 nitrogen and oxygen atoms in total. The molecule has 2 aromatic carbocycles. The summed E-state index contributed by atoms with van der Waals surface area (Å²) in [5.74, 6) is -0.247. The monoisotopic (exact) mass is 283 g/mol. The van der Waals surface area contributed by atoms with Crippen LogP contribution in [-0.2, 0) is 0 Å². The fourth-order valence-corrected chi connectivity index (χ4v) is 2.18. The van der Waals surface area contributed by atoms with Crippen molar-refractivity contribution >= 4 is 17.4 Å². The van der Waals surface area contributed by atoms with Crippen molar-refractivity contribution in [3.63, 3.8) is 0 Å². The number of halogens is 1. The molecule has 98 valence electrons. The standard InChI is InChI=1S/C15H10ClN3O/c16-12-9-5-4-8-11(12)15(20)14-13(17-19-18-14)10-6-2-1-3-7-10/h1-9H,(H,17,18,19). The Bertz CT molecular complexity index is 753. The SMILES string of the molecule is O=C(c1ccccc1Cl)c1n[nH]nc1-c1ccccc1. The van der Waals surface area contributed by atoms with Gasteiger partial charge < -0.3 is 0 Å².